The molecule has 2 aromatic carbocycles. The summed E-state index contributed by atoms with van der Waals surface area (Å²) in [4.78, 5) is 47.5. The molecule has 0 radical (unpaired) electrons. The van der Waals surface area contributed by atoms with Crippen LogP contribution in [0.1, 0.15) is 25.8 Å². The van der Waals surface area contributed by atoms with E-state index in [0.29, 0.717) is 23.7 Å². The van der Waals surface area contributed by atoms with E-state index in [-0.39, 0.29) is 22.5 Å². The number of hydrogen-bond acceptors (Lipinski definition) is 11. The Kier molecular flexibility index (Phi) is 8.55. The number of rotatable bonds is 10. The number of benzene rings is 2. The third-order valence-electron chi connectivity index (χ3n) is 5.08. The Hall–Kier alpha value is -3.91. The minimum atomic E-state index is -4.59. The highest BCUT2D eigenvalue weighted by atomic mass is 32.2. The molecule has 0 aliphatic carbocycles. The van der Waals surface area contributed by atoms with Gasteiger partial charge < -0.3 is 13.7 Å². The van der Waals surface area contributed by atoms with E-state index >= 15 is 0 Å². The Balaban J connectivity index is 1.82. The molecule has 1 fully saturated rings. The summed E-state index contributed by atoms with van der Waals surface area (Å²) in [6.07, 6.45) is 1.60. The fourth-order valence-electron chi connectivity index (χ4n) is 3.09. The molecule has 1 saturated heterocycles. The molecule has 196 valence electrons. The molecule has 1 heterocycles. The maximum absolute atomic E-state index is 12.7. The third kappa shape index (κ3) is 6.46. The Morgan fingerprint density at radius 3 is 2.54 bits per heavy atom. The Morgan fingerprint density at radius 1 is 1.19 bits per heavy atom. The van der Waals surface area contributed by atoms with Gasteiger partial charge in [-0.3, -0.25) is 29.4 Å². The molecule has 37 heavy (non-hydrogen) atoms. The number of carbonyl (C=O) groups excluding carboxylic acids is 3. The quantitative estimate of drug-likeness (QED) is 0.139. The normalized spacial score (nSPS) is 15.5. The number of thioether (sulfide) groups is 1. The monoisotopic (exact) mass is 550 g/mol. The zero-order chi connectivity index (χ0) is 27.3. The van der Waals surface area contributed by atoms with Crippen LogP contribution in [0.25, 0.3) is 6.08 Å². The standard InChI is InChI=1S/C23H22N2O10S2/c1-4-14(2)34-21(26)13-24-22(27)19(36-23(24)28)12-15-9-10-17(18(11-15)33-3)35-37(31,32)20-8-6-5-7-16(20)25(29)30/h5-12,14H,4,13H2,1-3H3/b19-12-/t14-/m1/s1. The predicted molar refractivity (Wildman–Crippen MR) is 132 cm³/mol. The highest BCUT2D eigenvalue weighted by molar-refractivity contribution is 8.18. The first-order valence-corrected chi connectivity index (χ1v) is 13.0. The Bertz CT molecular complexity index is 1390. The first kappa shape index (κ1) is 27.7. The number of para-hydroxylation sites is 1. The molecule has 0 saturated carbocycles. The van der Waals surface area contributed by atoms with Gasteiger partial charge in [0.2, 0.25) is 0 Å². The topological polar surface area (TPSA) is 159 Å². The molecule has 1 aliphatic rings. The second-order valence-corrected chi connectivity index (χ2v) is 10.2. The molecule has 0 bridgehead atoms. The second kappa shape index (κ2) is 11.4. The lowest BCUT2D eigenvalue weighted by Gasteiger charge is -2.14. The number of amides is 2. The zero-order valence-corrected chi connectivity index (χ0v) is 21.5. The first-order chi connectivity index (χ1) is 17.5. The first-order valence-electron chi connectivity index (χ1n) is 10.8. The summed E-state index contributed by atoms with van der Waals surface area (Å²) in [5, 5.41) is 10.6. The lowest BCUT2D eigenvalue weighted by atomic mass is 10.2. The van der Waals surface area contributed by atoms with Gasteiger partial charge in [0.05, 0.1) is 23.0 Å². The third-order valence-corrected chi connectivity index (χ3v) is 7.27. The van der Waals surface area contributed by atoms with Crippen molar-refractivity contribution in [3.8, 4) is 11.5 Å². The van der Waals surface area contributed by atoms with E-state index in [0.717, 1.165) is 17.0 Å². The van der Waals surface area contributed by atoms with Gasteiger partial charge in [-0.05, 0) is 54.9 Å². The Labute approximate surface area is 216 Å². The van der Waals surface area contributed by atoms with Gasteiger partial charge in [-0.15, -0.1) is 0 Å². The summed E-state index contributed by atoms with van der Waals surface area (Å²) in [6.45, 7) is 3.00. The van der Waals surface area contributed by atoms with Crippen molar-refractivity contribution in [1.29, 1.82) is 0 Å². The molecule has 12 nitrogen and oxygen atoms in total. The van der Waals surface area contributed by atoms with Crippen LogP contribution in [0.15, 0.2) is 52.3 Å². The van der Waals surface area contributed by atoms with Gasteiger partial charge in [0.1, 0.15) is 6.54 Å². The van der Waals surface area contributed by atoms with Crippen LogP contribution in [0.2, 0.25) is 0 Å². The second-order valence-electron chi connectivity index (χ2n) is 7.65. The van der Waals surface area contributed by atoms with Crippen LogP contribution in [-0.2, 0) is 24.4 Å². The van der Waals surface area contributed by atoms with Gasteiger partial charge in [-0.25, -0.2) is 0 Å². The SMILES string of the molecule is CC[C@@H](C)OC(=O)CN1C(=O)S/C(=C\c2ccc(OS(=O)(=O)c3ccccc3[N+](=O)[O-])c(OC)c2)C1=O. The smallest absolute Gasteiger partial charge is 0.346 e. The molecule has 1 atom stereocenters. The van der Waals surface area contributed by atoms with E-state index in [9.17, 15) is 32.9 Å². The zero-order valence-electron chi connectivity index (χ0n) is 19.9. The van der Waals surface area contributed by atoms with Crippen LogP contribution in [0.4, 0.5) is 10.5 Å². The summed E-state index contributed by atoms with van der Waals surface area (Å²) in [6, 6.07) is 8.72. The van der Waals surface area contributed by atoms with E-state index in [1.54, 1.807) is 6.92 Å². The van der Waals surface area contributed by atoms with Gasteiger partial charge in [0.25, 0.3) is 16.8 Å². The summed E-state index contributed by atoms with van der Waals surface area (Å²) in [5.74, 6) is -1.69. The predicted octanol–water partition coefficient (Wildman–Crippen LogP) is 3.75. The van der Waals surface area contributed by atoms with Crippen LogP contribution in [0.5, 0.6) is 11.5 Å². The number of nitro benzene ring substituents is 1. The number of esters is 1. The molecule has 14 heteroatoms. The number of nitro groups is 1. The summed E-state index contributed by atoms with van der Waals surface area (Å²) >= 11 is 0.631. The number of methoxy groups -OCH3 is 1. The van der Waals surface area contributed by atoms with Crippen LogP contribution >= 0.6 is 11.8 Å². The lowest BCUT2D eigenvalue weighted by molar-refractivity contribution is -0.387. The van der Waals surface area contributed by atoms with Gasteiger partial charge in [-0.1, -0.05) is 25.1 Å². The lowest BCUT2D eigenvalue weighted by Crippen LogP contribution is -2.35. The van der Waals surface area contributed by atoms with Crippen molar-refractivity contribution in [3.63, 3.8) is 0 Å². The maximum atomic E-state index is 12.7. The van der Waals surface area contributed by atoms with Gasteiger partial charge in [0, 0.05) is 6.07 Å². The number of nitrogens with zero attached hydrogens (tertiary/aromatic N) is 2. The number of ether oxygens (including phenoxy) is 2. The largest absolute Gasteiger partial charge is 0.493 e. The van der Waals surface area contributed by atoms with E-state index in [2.05, 4.69) is 0 Å². The average Bonchev–Trinajstić information content (AvgIpc) is 3.11. The van der Waals surface area contributed by atoms with Gasteiger partial charge in [-0.2, -0.15) is 8.42 Å². The summed E-state index contributed by atoms with van der Waals surface area (Å²) < 4.78 is 40.9. The van der Waals surface area contributed by atoms with Crippen molar-refractivity contribution >= 4 is 50.8 Å². The van der Waals surface area contributed by atoms with Crippen molar-refractivity contribution < 1.29 is 41.4 Å². The van der Waals surface area contributed by atoms with E-state index in [1.807, 2.05) is 6.92 Å². The molecular weight excluding hydrogens is 528 g/mol. The summed E-state index contributed by atoms with van der Waals surface area (Å²) in [7, 11) is -3.34. The molecular formula is C23H22N2O10S2. The Morgan fingerprint density at radius 2 is 1.89 bits per heavy atom. The van der Waals surface area contributed by atoms with Crippen molar-refractivity contribution in [1.82, 2.24) is 4.90 Å². The fraction of sp³-hybridized carbons (Fsp3) is 0.261. The molecule has 0 spiro atoms. The maximum Gasteiger partial charge on any atom is 0.346 e. The van der Waals surface area contributed by atoms with Crippen LogP contribution in [0.3, 0.4) is 0 Å². The van der Waals surface area contributed by atoms with Gasteiger partial charge >= 0.3 is 16.1 Å². The van der Waals surface area contributed by atoms with Crippen molar-refractivity contribution in [3.05, 3.63) is 63.0 Å². The van der Waals surface area contributed by atoms with Crippen LogP contribution in [0, 0.1) is 10.1 Å². The number of imide groups is 1. The minimum Gasteiger partial charge on any atom is -0.493 e. The molecule has 2 amide bonds. The highest BCUT2D eigenvalue weighted by Gasteiger charge is 2.37. The number of hydrogen-bond donors (Lipinski definition) is 0. The van der Waals surface area contributed by atoms with Crippen molar-refractivity contribution in [2.75, 3.05) is 13.7 Å². The highest BCUT2D eigenvalue weighted by Crippen LogP contribution is 2.36. The molecule has 2 aromatic rings. The van der Waals surface area contributed by atoms with Crippen molar-refractivity contribution in [2.24, 2.45) is 0 Å². The van der Waals surface area contributed by atoms with E-state index < -0.39 is 49.3 Å². The molecule has 1 aliphatic heterocycles. The molecule has 3 rings (SSSR count). The molecule has 0 N–H and O–H groups in total. The van der Waals surface area contributed by atoms with Crippen LogP contribution in [-0.4, -0.2) is 55.1 Å². The van der Waals surface area contributed by atoms with E-state index in [4.69, 9.17) is 13.7 Å². The van der Waals surface area contributed by atoms with Crippen molar-refractivity contribution in [2.45, 2.75) is 31.3 Å². The minimum absolute atomic E-state index is 0.0320. The fourth-order valence-corrected chi connectivity index (χ4v) is 5.03. The summed E-state index contributed by atoms with van der Waals surface area (Å²) in [5.41, 5.74) is -0.290. The van der Waals surface area contributed by atoms with Gasteiger partial charge in [0.15, 0.2) is 16.4 Å². The van der Waals surface area contributed by atoms with E-state index in [1.165, 1.54) is 43.5 Å². The number of carbonyl (C=O) groups is 3. The van der Waals surface area contributed by atoms with Crippen LogP contribution < -0.4 is 8.92 Å². The average molecular weight is 551 g/mol. The molecule has 0 unspecified atom stereocenters. The molecule has 0 aromatic heterocycles.